The van der Waals surface area contributed by atoms with Crippen LogP contribution in [0.15, 0.2) is 309 Å². The van der Waals surface area contributed by atoms with E-state index in [4.69, 9.17) is 0 Å². The highest BCUT2D eigenvalue weighted by Crippen LogP contribution is 2.60. The molecule has 1 heteroatoms. The van der Waals surface area contributed by atoms with E-state index < -0.39 is 5.41 Å². The van der Waals surface area contributed by atoms with Crippen LogP contribution in [0.25, 0.3) is 77.9 Å². The molecule has 0 spiro atoms. The minimum atomic E-state index is -0.599. The summed E-state index contributed by atoms with van der Waals surface area (Å²) in [7, 11) is 0. The van der Waals surface area contributed by atoms with Gasteiger partial charge in [0.05, 0.1) is 11.1 Å². The van der Waals surface area contributed by atoms with Crippen molar-refractivity contribution >= 4 is 17.1 Å². The molecule has 1 unspecified atom stereocenters. The SMILES string of the molecule is c1ccc(-c2ccc(N(c3ccccc3)c3ccccc3-c3ccccc3-c3cc(-c4ccccc4)cc(-c4cccc5c4-c4ccccc4C5(c4ccccc4)c4ccccc4-c4ccccc4)c3)cc2)cc1. The molecule has 12 aromatic carbocycles. The molecule has 12 aromatic rings. The summed E-state index contributed by atoms with van der Waals surface area (Å²) in [4.78, 5) is 2.40. The summed E-state index contributed by atoms with van der Waals surface area (Å²) in [6, 6.07) is 113. The molecule has 0 heterocycles. The fourth-order valence-corrected chi connectivity index (χ4v) is 11.7. The van der Waals surface area contributed by atoms with Crippen molar-refractivity contribution in [2.45, 2.75) is 5.41 Å². The maximum Gasteiger partial charge on any atom is 0.0719 e. The van der Waals surface area contributed by atoms with Crippen molar-refractivity contribution in [2.75, 3.05) is 4.90 Å². The quantitative estimate of drug-likeness (QED) is 0.125. The third-order valence-corrected chi connectivity index (χ3v) is 15.0. The minimum Gasteiger partial charge on any atom is -0.310 e. The van der Waals surface area contributed by atoms with Crippen molar-refractivity contribution < 1.29 is 0 Å². The number of hydrogen-bond acceptors (Lipinski definition) is 1. The topological polar surface area (TPSA) is 3.24 Å². The van der Waals surface area contributed by atoms with Crippen molar-refractivity contribution in [3.05, 3.63) is 332 Å². The Kier molecular flexibility index (Phi) is 11.5. The van der Waals surface area contributed by atoms with Gasteiger partial charge in [-0.1, -0.05) is 261 Å². The van der Waals surface area contributed by atoms with E-state index in [1.165, 1.54) is 77.9 Å². The highest BCUT2D eigenvalue weighted by molar-refractivity contribution is 6.00. The molecule has 74 heavy (non-hydrogen) atoms. The number of rotatable bonds is 11. The standard InChI is InChI=1S/C73H51N/c1-6-25-52(26-7-1)54-45-47-61(48-46-54)74(60-33-14-5-15-34-60)71-44-23-20-38-66(71)65-37-17-16-35-62(65)57-49-56(53-27-8-2-9-28-53)50-58(51-57)64-40-24-43-70-72(64)67-39-19-22-42-69(67)73(70,59-31-12-4-13-32-59)68-41-21-18-36-63(68)55-29-10-3-11-30-55/h1-51H. The lowest BCUT2D eigenvalue weighted by Gasteiger charge is -2.35. The van der Waals surface area contributed by atoms with Crippen LogP contribution >= 0.6 is 0 Å². The average Bonchev–Trinajstić information content (AvgIpc) is 3.92. The molecule has 13 rings (SSSR count). The Morgan fingerprint density at radius 3 is 1.27 bits per heavy atom. The van der Waals surface area contributed by atoms with Gasteiger partial charge in [0.2, 0.25) is 0 Å². The maximum atomic E-state index is 2.43. The molecule has 0 saturated carbocycles. The van der Waals surface area contributed by atoms with Crippen LogP contribution in [0, 0.1) is 0 Å². The zero-order valence-corrected chi connectivity index (χ0v) is 40.9. The highest BCUT2D eigenvalue weighted by atomic mass is 15.1. The lowest BCUT2D eigenvalue weighted by Crippen LogP contribution is -2.29. The van der Waals surface area contributed by atoms with Crippen LogP contribution in [-0.4, -0.2) is 0 Å². The fraction of sp³-hybridized carbons (Fsp3) is 0.0137. The van der Waals surface area contributed by atoms with E-state index in [1.54, 1.807) is 0 Å². The first-order valence-corrected chi connectivity index (χ1v) is 25.6. The molecule has 1 aliphatic rings. The Labute approximate surface area is 434 Å². The van der Waals surface area contributed by atoms with Gasteiger partial charge < -0.3 is 4.90 Å². The smallest absolute Gasteiger partial charge is 0.0719 e. The predicted octanol–water partition coefficient (Wildman–Crippen LogP) is 19.5. The summed E-state index contributed by atoms with van der Waals surface area (Å²) in [5.41, 5.74) is 24.4. The van der Waals surface area contributed by atoms with Crippen LogP contribution in [0.4, 0.5) is 17.1 Å². The maximum absolute atomic E-state index is 2.43. The molecular weight excluding hydrogens is 891 g/mol. The van der Waals surface area contributed by atoms with Gasteiger partial charge in [-0.15, -0.1) is 0 Å². The molecule has 0 amide bonds. The van der Waals surface area contributed by atoms with E-state index in [0.29, 0.717) is 0 Å². The predicted molar refractivity (Wildman–Crippen MR) is 311 cm³/mol. The lowest BCUT2D eigenvalue weighted by atomic mass is 9.65. The van der Waals surface area contributed by atoms with Gasteiger partial charge in [-0.3, -0.25) is 0 Å². The van der Waals surface area contributed by atoms with Crippen LogP contribution in [0.2, 0.25) is 0 Å². The second-order valence-corrected chi connectivity index (χ2v) is 19.1. The van der Waals surface area contributed by atoms with E-state index in [1.807, 2.05) is 0 Å². The van der Waals surface area contributed by atoms with Gasteiger partial charge in [0, 0.05) is 16.9 Å². The lowest BCUT2D eigenvalue weighted by molar-refractivity contribution is 0.770. The molecular formula is C73H51N. The Bertz CT molecular complexity index is 3920. The van der Waals surface area contributed by atoms with Crippen LogP contribution in [0.1, 0.15) is 22.3 Å². The Balaban J connectivity index is 1.02. The number of benzene rings is 12. The van der Waals surface area contributed by atoms with E-state index >= 15 is 0 Å². The normalized spacial score (nSPS) is 13.5. The summed E-state index contributed by atoms with van der Waals surface area (Å²) in [6.45, 7) is 0. The second kappa shape index (κ2) is 19.2. The minimum absolute atomic E-state index is 0.599. The van der Waals surface area contributed by atoms with E-state index in [0.717, 1.165) is 39.3 Å². The first-order chi connectivity index (χ1) is 36.7. The molecule has 348 valence electrons. The third-order valence-electron chi connectivity index (χ3n) is 15.0. The van der Waals surface area contributed by atoms with E-state index in [-0.39, 0.29) is 0 Å². The summed E-state index contributed by atoms with van der Waals surface area (Å²) in [5, 5.41) is 0. The van der Waals surface area contributed by atoms with Gasteiger partial charge in [-0.2, -0.15) is 0 Å². The molecule has 0 radical (unpaired) electrons. The van der Waals surface area contributed by atoms with Gasteiger partial charge >= 0.3 is 0 Å². The van der Waals surface area contributed by atoms with E-state index in [9.17, 15) is 0 Å². The van der Waals surface area contributed by atoms with Crippen molar-refractivity contribution in [1.82, 2.24) is 0 Å². The van der Waals surface area contributed by atoms with Crippen LogP contribution in [-0.2, 0) is 5.41 Å². The summed E-state index contributed by atoms with van der Waals surface area (Å²) < 4.78 is 0. The Morgan fingerprint density at radius 2 is 0.622 bits per heavy atom. The summed E-state index contributed by atoms with van der Waals surface area (Å²) in [6.07, 6.45) is 0. The first kappa shape index (κ1) is 44.4. The van der Waals surface area contributed by atoms with Crippen molar-refractivity contribution in [2.24, 2.45) is 0 Å². The molecule has 0 saturated heterocycles. The molecule has 1 nitrogen and oxygen atoms in total. The van der Waals surface area contributed by atoms with Crippen LogP contribution in [0.3, 0.4) is 0 Å². The number of nitrogens with zero attached hydrogens (tertiary/aromatic N) is 1. The van der Waals surface area contributed by atoms with Gasteiger partial charge in [0.25, 0.3) is 0 Å². The Morgan fingerprint density at radius 1 is 0.216 bits per heavy atom. The second-order valence-electron chi connectivity index (χ2n) is 19.1. The third kappa shape index (κ3) is 7.75. The van der Waals surface area contributed by atoms with Crippen LogP contribution in [0.5, 0.6) is 0 Å². The highest BCUT2D eigenvalue weighted by Gasteiger charge is 2.48. The largest absolute Gasteiger partial charge is 0.310 e. The fourth-order valence-electron chi connectivity index (χ4n) is 11.7. The van der Waals surface area contributed by atoms with Gasteiger partial charge in [0.1, 0.15) is 0 Å². The van der Waals surface area contributed by atoms with Crippen LogP contribution < -0.4 is 4.90 Å². The summed E-state index contributed by atoms with van der Waals surface area (Å²) >= 11 is 0. The van der Waals surface area contributed by atoms with Crippen molar-refractivity contribution in [3.8, 4) is 77.9 Å². The molecule has 0 aliphatic heterocycles. The number of anilines is 3. The average molecular weight is 942 g/mol. The van der Waals surface area contributed by atoms with Crippen molar-refractivity contribution in [3.63, 3.8) is 0 Å². The van der Waals surface area contributed by atoms with Gasteiger partial charge in [-0.25, -0.2) is 0 Å². The molecule has 0 bridgehead atoms. The molecule has 1 aliphatic carbocycles. The number of fused-ring (bicyclic) bond motifs is 3. The summed E-state index contributed by atoms with van der Waals surface area (Å²) in [5.74, 6) is 0. The Hall–Kier alpha value is -9.56. The molecule has 0 fully saturated rings. The molecule has 1 atom stereocenters. The zero-order chi connectivity index (χ0) is 49.3. The molecule has 0 aromatic heterocycles. The van der Waals surface area contributed by atoms with Gasteiger partial charge in [0.15, 0.2) is 0 Å². The first-order valence-electron chi connectivity index (χ1n) is 25.6. The molecule has 0 N–H and O–H groups in total. The zero-order valence-electron chi connectivity index (χ0n) is 40.9. The number of hydrogen-bond donors (Lipinski definition) is 0. The monoisotopic (exact) mass is 941 g/mol. The van der Waals surface area contributed by atoms with Crippen molar-refractivity contribution in [1.29, 1.82) is 0 Å². The van der Waals surface area contributed by atoms with Gasteiger partial charge in [-0.05, 0) is 143 Å². The number of para-hydroxylation sites is 2. The van der Waals surface area contributed by atoms with E-state index in [2.05, 4.69) is 314 Å².